The molecule has 26 heavy (non-hydrogen) atoms. The van der Waals surface area contributed by atoms with Gasteiger partial charge in [0.05, 0.1) is 20.6 Å². The molecule has 0 bridgehead atoms. The number of hydrogen-bond acceptors (Lipinski definition) is 4. The molecule has 2 aromatic rings. The van der Waals surface area contributed by atoms with E-state index in [0.717, 1.165) is 11.3 Å². The van der Waals surface area contributed by atoms with Crippen LogP contribution in [-0.2, 0) is 11.2 Å². The zero-order valence-electron chi connectivity index (χ0n) is 14.7. The first-order valence-electron chi connectivity index (χ1n) is 8.27. The zero-order valence-corrected chi connectivity index (χ0v) is 14.7. The van der Waals surface area contributed by atoms with Crippen molar-refractivity contribution in [3.05, 3.63) is 48.0 Å². The molecular weight excluding hydrogens is 334 g/mol. The summed E-state index contributed by atoms with van der Waals surface area (Å²) in [5, 5.41) is 5.61. The number of urea groups is 1. The highest BCUT2D eigenvalue weighted by Crippen LogP contribution is 2.28. The van der Waals surface area contributed by atoms with E-state index >= 15 is 0 Å². The molecule has 2 N–H and O–H groups in total. The van der Waals surface area contributed by atoms with Gasteiger partial charge in [0.2, 0.25) is 5.91 Å². The number of nitrogens with one attached hydrogen (secondary N) is 2. The number of nitrogens with zero attached hydrogens (tertiary/aromatic N) is 1. The molecule has 1 heterocycles. The van der Waals surface area contributed by atoms with Crippen LogP contribution in [0.25, 0.3) is 0 Å². The van der Waals surface area contributed by atoms with Gasteiger partial charge in [0.25, 0.3) is 0 Å². The first kappa shape index (κ1) is 17.6. The SMILES string of the molecule is COc1ccc(CC(=O)Nc2ccc(N3CCNC3=O)cc2)cc1OC. The number of methoxy groups -OCH3 is 2. The number of carbonyl (C=O) groups is 2. The van der Waals surface area contributed by atoms with Crippen molar-refractivity contribution in [2.75, 3.05) is 37.5 Å². The summed E-state index contributed by atoms with van der Waals surface area (Å²) in [5.74, 6) is 1.08. The molecule has 0 aromatic heterocycles. The Morgan fingerprint density at radius 2 is 1.85 bits per heavy atom. The second-order valence-electron chi connectivity index (χ2n) is 5.84. The molecule has 136 valence electrons. The maximum absolute atomic E-state index is 12.3. The van der Waals surface area contributed by atoms with Gasteiger partial charge in [0, 0.05) is 24.5 Å². The second kappa shape index (κ2) is 7.77. The predicted octanol–water partition coefficient (Wildman–Crippen LogP) is 2.41. The molecular formula is C19H21N3O4. The average Bonchev–Trinajstić information content (AvgIpc) is 3.08. The summed E-state index contributed by atoms with van der Waals surface area (Å²) in [6.45, 7) is 1.28. The first-order valence-corrected chi connectivity index (χ1v) is 8.27. The van der Waals surface area contributed by atoms with Gasteiger partial charge in [-0.2, -0.15) is 0 Å². The molecule has 0 spiro atoms. The Bertz CT molecular complexity index is 805. The molecule has 0 aliphatic carbocycles. The maximum atomic E-state index is 12.3. The van der Waals surface area contributed by atoms with E-state index in [1.807, 2.05) is 18.2 Å². The third-order valence-electron chi connectivity index (χ3n) is 4.13. The molecule has 0 atom stereocenters. The summed E-state index contributed by atoms with van der Waals surface area (Å²) in [5.41, 5.74) is 2.31. The zero-order chi connectivity index (χ0) is 18.5. The predicted molar refractivity (Wildman–Crippen MR) is 99.1 cm³/mol. The lowest BCUT2D eigenvalue weighted by Crippen LogP contribution is -2.27. The van der Waals surface area contributed by atoms with E-state index < -0.39 is 0 Å². The van der Waals surface area contributed by atoms with Crippen LogP contribution < -0.4 is 25.0 Å². The van der Waals surface area contributed by atoms with Crippen LogP contribution in [0.1, 0.15) is 5.56 Å². The minimum Gasteiger partial charge on any atom is -0.493 e. The summed E-state index contributed by atoms with van der Waals surface area (Å²) in [7, 11) is 3.13. The maximum Gasteiger partial charge on any atom is 0.321 e. The van der Waals surface area contributed by atoms with Crippen LogP contribution in [0.3, 0.4) is 0 Å². The molecule has 0 unspecified atom stereocenters. The lowest BCUT2D eigenvalue weighted by atomic mass is 10.1. The van der Waals surface area contributed by atoms with E-state index in [1.54, 1.807) is 43.4 Å². The fraction of sp³-hybridized carbons (Fsp3) is 0.263. The van der Waals surface area contributed by atoms with E-state index in [1.165, 1.54) is 0 Å². The highest BCUT2D eigenvalue weighted by molar-refractivity contribution is 5.95. The first-order chi connectivity index (χ1) is 12.6. The van der Waals surface area contributed by atoms with Gasteiger partial charge in [-0.25, -0.2) is 4.79 Å². The van der Waals surface area contributed by atoms with Gasteiger partial charge in [-0.15, -0.1) is 0 Å². The summed E-state index contributed by atoms with van der Waals surface area (Å²) >= 11 is 0. The van der Waals surface area contributed by atoms with E-state index in [0.29, 0.717) is 30.3 Å². The van der Waals surface area contributed by atoms with Crippen molar-refractivity contribution in [1.82, 2.24) is 5.32 Å². The molecule has 0 saturated carbocycles. The Hall–Kier alpha value is -3.22. The molecule has 1 fully saturated rings. The number of carbonyl (C=O) groups excluding carboxylic acids is 2. The topological polar surface area (TPSA) is 79.9 Å². The second-order valence-corrected chi connectivity index (χ2v) is 5.84. The Morgan fingerprint density at radius 1 is 1.12 bits per heavy atom. The highest BCUT2D eigenvalue weighted by atomic mass is 16.5. The number of ether oxygens (including phenoxy) is 2. The van der Waals surface area contributed by atoms with Crippen LogP contribution in [0.2, 0.25) is 0 Å². The fourth-order valence-corrected chi connectivity index (χ4v) is 2.82. The monoisotopic (exact) mass is 355 g/mol. The van der Waals surface area contributed by atoms with Crippen LogP contribution in [0, 0.1) is 0 Å². The largest absolute Gasteiger partial charge is 0.493 e. The standard InChI is InChI=1S/C19H21N3O4/c1-25-16-8-3-13(11-17(16)26-2)12-18(23)21-14-4-6-15(7-5-14)22-10-9-20-19(22)24/h3-8,11H,9-10,12H2,1-2H3,(H,20,24)(H,21,23). The van der Waals surface area contributed by atoms with Crippen molar-refractivity contribution in [3.8, 4) is 11.5 Å². The van der Waals surface area contributed by atoms with Gasteiger partial charge in [-0.1, -0.05) is 6.07 Å². The fourth-order valence-electron chi connectivity index (χ4n) is 2.82. The molecule has 1 aliphatic rings. The molecule has 3 rings (SSSR count). The number of benzene rings is 2. The van der Waals surface area contributed by atoms with Crippen molar-refractivity contribution >= 4 is 23.3 Å². The van der Waals surface area contributed by atoms with E-state index in [2.05, 4.69) is 10.6 Å². The normalized spacial score (nSPS) is 13.3. The van der Waals surface area contributed by atoms with Crippen LogP contribution in [0.5, 0.6) is 11.5 Å². The number of hydrogen-bond donors (Lipinski definition) is 2. The summed E-state index contributed by atoms with van der Waals surface area (Å²) in [4.78, 5) is 25.6. The summed E-state index contributed by atoms with van der Waals surface area (Å²) in [6, 6.07) is 12.5. The van der Waals surface area contributed by atoms with Crippen LogP contribution >= 0.6 is 0 Å². The molecule has 1 aliphatic heterocycles. The van der Waals surface area contributed by atoms with Crippen LogP contribution in [0.15, 0.2) is 42.5 Å². The van der Waals surface area contributed by atoms with E-state index in [4.69, 9.17) is 9.47 Å². The quantitative estimate of drug-likeness (QED) is 0.834. The van der Waals surface area contributed by atoms with Crippen molar-refractivity contribution in [2.24, 2.45) is 0 Å². The van der Waals surface area contributed by atoms with Crippen molar-refractivity contribution in [1.29, 1.82) is 0 Å². The Labute approximate surface area is 151 Å². The van der Waals surface area contributed by atoms with E-state index in [-0.39, 0.29) is 18.4 Å². The third kappa shape index (κ3) is 3.88. The van der Waals surface area contributed by atoms with Gasteiger partial charge in [-0.05, 0) is 42.0 Å². The minimum atomic E-state index is -0.135. The van der Waals surface area contributed by atoms with Crippen molar-refractivity contribution in [3.63, 3.8) is 0 Å². The highest BCUT2D eigenvalue weighted by Gasteiger charge is 2.20. The molecule has 0 radical (unpaired) electrons. The summed E-state index contributed by atoms with van der Waals surface area (Å²) in [6.07, 6.45) is 0.219. The van der Waals surface area contributed by atoms with E-state index in [9.17, 15) is 9.59 Å². The Balaban J connectivity index is 1.62. The van der Waals surface area contributed by atoms with Crippen LogP contribution in [-0.4, -0.2) is 39.2 Å². The van der Waals surface area contributed by atoms with Crippen LogP contribution in [0.4, 0.5) is 16.2 Å². The molecule has 3 amide bonds. The lowest BCUT2D eigenvalue weighted by Gasteiger charge is -2.15. The number of amides is 3. The van der Waals surface area contributed by atoms with Gasteiger partial charge < -0.3 is 20.1 Å². The van der Waals surface area contributed by atoms with Gasteiger partial charge in [0.1, 0.15) is 0 Å². The van der Waals surface area contributed by atoms with Crippen molar-refractivity contribution in [2.45, 2.75) is 6.42 Å². The molecule has 7 heteroatoms. The molecule has 1 saturated heterocycles. The van der Waals surface area contributed by atoms with Gasteiger partial charge >= 0.3 is 6.03 Å². The number of rotatable bonds is 6. The summed E-state index contributed by atoms with van der Waals surface area (Å²) < 4.78 is 10.4. The molecule has 2 aromatic carbocycles. The minimum absolute atomic E-state index is 0.102. The Morgan fingerprint density at radius 3 is 2.46 bits per heavy atom. The smallest absolute Gasteiger partial charge is 0.321 e. The lowest BCUT2D eigenvalue weighted by molar-refractivity contribution is -0.115. The molecule has 7 nitrogen and oxygen atoms in total. The van der Waals surface area contributed by atoms with Crippen molar-refractivity contribution < 1.29 is 19.1 Å². The Kier molecular flexibility index (Phi) is 5.26. The third-order valence-corrected chi connectivity index (χ3v) is 4.13. The van der Waals surface area contributed by atoms with Gasteiger partial charge in [0.15, 0.2) is 11.5 Å². The average molecular weight is 355 g/mol. The van der Waals surface area contributed by atoms with Gasteiger partial charge in [-0.3, -0.25) is 9.69 Å². The number of anilines is 2.